The highest BCUT2D eigenvalue weighted by molar-refractivity contribution is 6.15. The Balaban J connectivity index is 1.30. The van der Waals surface area contributed by atoms with Gasteiger partial charge in [-0.05, 0) is 67.1 Å². The maximum Gasteiger partial charge on any atom is 0.260 e. The molecule has 0 bridgehead atoms. The number of hydrogen-bond donors (Lipinski definition) is 1. The second-order valence-corrected chi connectivity index (χ2v) is 7.80. The molecule has 0 fully saturated rings. The van der Waals surface area contributed by atoms with Gasteiger partial charge in [0.05, 0.1) is 17.9 Å². The van der Waals surface area contributed by atoms with Crippen LogP contribution in [0.3, 0.4) is 0 Å². The Bertz CT molecular complexity index is 1480. The number of carbonyl (C=O) groups is 1. The van der Waals surface area contributed by atoms with Crippen LogP contribution in [0.5, 0.6) is 17.4 Å². The van der Waals surface area contributed by atoms with Gasteiger partial charge in [0.25, 0.3) is 5.91 Å². The fourth-order valence-corrected chi connectivity index (χ4v) is 3.71. The molecule has 2 aromatic heterocycles. The van der Waals surface area contributed by atoms with Gasteiger partial charge in [0, 0.05) is 18.0 Å². The van der Waals surface area contributed by atoms with Crippen LogP contribution in [-0.2, 0) is 0 Å². The monoisotopic (exact) mass is 465 g/mol. The lowest BCUT2D eigenvalue weighted by Crippen LogP contribution is -2.14. The molecule has 0 spiro atoms. The molecule has 8 heteroatoms. The van der Waals surface area contributed by atoms with Crippen LogP contribution in [0, 0.1) is 6.92 Å². The third-order valence-corrected chi connectivity index (χ3v) is 5.34. The van der Waals surface area contributed by atoms with Crippen LogP contribution in [-0.4, -0.2) is 32.5 Å². The molecule has 5 rings (SSSR count). The Labute approximate surface area is 202 Å². The van der Waals surface area contributed by atoms with E-state index in [9.17, 15) is 4.79 Å². The summed E-state index contributed by atoms with van der Waals surface area (Å²) in [5.41, 5.74) is 2.04. The molecule has 0 atom stereocenters. The molecule has 0 saturated heterocycles. The van der Waals surface area contributed by atoms with E-state index in [4.69, 9.17) is 9.47 Å². The second kappa shape index (κ2) is 9.64. The van der Waals surface area contributed by atoms with Crippen molar-refractivity contribution >= 4 is 22.4 Å². The minimum Gasteiger partial charge on any atom is -0.493 e. The Morgan fingerprint density at radius 2 is 1.77 bits per heavy atom. The number of ether oxygens (including phenoxy) is 2. The summed E-state index contributed by atoms with van der Waals surface area (Å²) in [5.74, 6) is 1.83. The van der Waals surface area contributed by atoms with E-state index in [0.29, 0.717) is 41.1 Å². The van der Waals surface area contributed by atoms with Gasteiger partial charge in [-0.2, -0.15) is 5.10 Å². The highest BCUT2D eigenvalue weighted by Crippen LogP contribution is 2.29. The molecule has 3 aromatic carbocycles. The third kappa shape index (κ3) is 4.81. The van der Waals surface area contributed by atoms with Gasteiger partial charge >= 0.3 is 0 Å². The summed E-state index contributed by atoms with van der Waals surface area (Å²) < 4.78 is 13.2. The van der Waals surface area contributed by atoms with Crippen LogP contribution in [0.25, 0.3) is 16.6 Å². The van der Waals surface area contributed by atoms with Crippen molar-refractivity contribution in [3.63, 3.8) is 0 Å². The number of hydrogen-bond acceptors (Lipinski definition) is 6. The number of nitrogens with zero attached hydrogens (tertiary/aromatic N) is 4. The van der Waals surface area contributed by atoms with Gasteiger partial charge in [-0.25, -0.2) is 4.68 Å². The summed E-state index contributed by atoms with van der Waals surface area (Å²) in [4.78, 5) is 13.2. The van der Waals surface area contributed by atoms with Crippen molar-refractivity contribution in [3.05, 3.63) is 96.3 Å². The number of fused-ring (bicyclic) bond motifs is 1. The fraction of sp³-hybridized carbons (Fsp3) is 0.111. The van der Waals surface area contributed by atoms with Crippen LogP contribution in [0.4, 0.5) is 5.69 Å². The number of amides is 1. The molecule has 0 saturated carbocycles. The Hall–Kier alpha value is -4.72. The van der Waals surface area contributed by atoms with Gasteiger partial charge in [0.1, 0.15) is 11.5 Å². The van der Waals surface area contributed by atoms with E-state index in [1.165, 1.54) is 0 Å². The van der Waals surface area contributed by atoms with E-state index >= 15 is 0 Å². The number of aryl methyl sites for hydroxylation is 1. The van der Waals surface area contributed by atoms with Gasteiger partial charge in [0.15, 0.2) is 5.82 Å². The summed E-state index contributed by atoms with van der Waals surface area (Å²) >= 11 is 0. The SMILES string of the molecule is CCOc1ccc2ccccc2c1C(=O)Nc1ccc(Oc2ccc(-n3ccc(C)n3)nn2)cc1. The summed E-state index contributed by atoms with van der Waals surface area (Å²) in [6.45, 7) is 4.27. The molecular weight excluding hydrogens is 442 g/mol. The highest BCUT2D eigenvalue weighted by atomic mass is 16.5. The Morgan fingerprint density at radius 3 is 2.49 bits per heavy atom. The normalized spacial score (nSPS) is 10.8. The number of nitrogens with one attached hydrogen (secondary N) is 1. The maximum atomic E-state index is 13.2. The van der Waals surface area contributed by atoms with Crippen molar-refractivity contribution in [3.8, 4) is 23.2 Å². The topological polar surface area (TPSA) is 91.2 Å². The molecule has 2 heterocycles. The summed E-state index contributed by atoms with van der Waals surface area (Å²) in [6, 6.07) is 24.0. The Morgan fingerprint density at radius 1 is 0.943 bits per heavy atom. The summed E-state index contributed by atoms with van der Waals surface area (Å²) in [7, 11) is 0. The number of rotatable bonds is 7. The first kappa shape index (κ1) is 22.1. The predicted molar refractivity (Wildman–Crippen MR) is 133 cm³/mol. The van der Waals surface area contributed by atoms with Crippen LogP contribution in [0.15, 0.2) is 85.1 Å². The first-order valence-corrected chi connectivity index (χ1v) is 11.2. The van der Waals surface area contributed by atoms with Crippen molar-refractivity contribution in [2.24, 2.45) is 0 Å². The zero-order valence-electron chi connectivity index (χ0n) is 19.3. The lowest BCUT2D eigenvalue weighted by atomic mass is 10.0. The molecule has 0 unspecified atom stereocenters. The summed E-state index contributed by atoms with van der Waals surface area (Å²) in [6.07, 6.45) is 1.82. The average Bonchev–Trinajstić information content (AvgIpc) is 3.32. The van der Waals surface area contributed by atoms with E-state index in [1.807, 2.05) is 62.5 Å². The summed E-state index contributed by atoms with van der Waals surface area (Å²) in [5, 5.41) is 17.3. The van der Waals surface area contributed by atoms with Crippen LogP contribution in [0.1, 0.15) is 23.0 Å². The lowest BCUT2D eigenvalue weighted by Gasteiger charge is -2.14. The molecule has 0 aliphatic heterocycles. The fourth-order valence-electron chi connectivity index (χ4n) is 3.71. The molecule has 0 aliphatic carbocycles. The van der Waals surface area contributed by atoms with E-state index in [-0.39, 0.29) is 5.91 Å². The quantitative estimate of drug-likeness (QED) is 0.338. The van der Waals surface area contributed by atoms with Gasteiger partial charge in [-0.15, -0.1) is 10.2 Å². The van der Waals surface area contributed by atoms with E-state index in [0.717, 1.165) is 16.5 Å². The van der Waals surface area contributed by atoms with E-state index in [1.54, 1.807) is 41.1 Å². The smallest absolute Gasteiger partial charge is 0.260 e. The largest absolute Gasteiger partial charge is 0.493 e. The van der Waals surface area contributed by atoms with E-state index in [2.05, 4.69) is 20.6 Å². The molecule has 1 amide bonds. The number of aromatic nitrogens is 4. The van der Waals surface area contributed by atoms with Crippen molar-refractivity contribution in [2.75, 3.05) is 11.9 Å². The number of carbonyl (C=O) groups excluding carboxylic acids is 1. The van der Waals surface area contributed by atoms with E-state index < -0.39 is 0 Å². The molecule has 8 nitrogen and oxygen atoms in total. The average molecular weight is 466 g/mol. The van der Waals surface area contributed by atoms with Crippen LogP contribution in [0.2, 0.25) is 0 Å². The highest BCUT2D eigenvalue weighted by Gasteiger charge is 2.17. The number of benzene rings is 3. The molecule has 35 heavy (non-hydrogen) atoms. The zero-order valence-corrected chi connectivity index (χ0v) is 19.3. The third-order valence-electron chi connectivity index (χ3n) is 5.34. The van der Waals surface area contributed by atoms with Gasteiger partial charge in [0.2, 0.25) is 5.88 Å². The number of anilines is 1. The first-order valence-electron chi connectivity index (χ1n) is 11.2. The minimum atomic E-state index is -0.241. The lowest BCUT2D eigenvalue weighted by molar-refractivity contribution is 0.102. The standard InChI is InChI=1S/C27H23N5O3/c1-3-34-23-13-8-19-6-4-5-7-22(19)26(23)27(33)28-20-9-11-21(12-10-20)35-25-15-14-24(29-30-25)32-17-16-18(2)31-32/h4-17H,3H2,1-2H3,(H,28,33). The molecule has 0 radical (unpaired) electrons. The minimum absolute atomic E-state index is 0.241. The first-order chi connectivity index (χ1) is 17.1. The molecule has 0 aliphatic rings. The van der Waals surface area contributed by atoms with Gasteiger partial charge in [-0.1, -0.05) is 30.3 Å². The maximum absolute atomic E-state index is 13.2. The van der Waals surface area contributed by atoms with Gasteiger partial charge in [-0.3, -0.25) is 4.79 Å². The van der Waals surface area contributed by atoms with Crippen LogP contribution < -0.4 is 14.8 Å². The molecule has 1 N–H and O–H groups in total. The zero-order chi connectivity index (χ0) is 24.2. The second-order valence-electron chi connectivity index (χ2n) is 7.80. The van der Waals surface area contributed by atoms with Crippen molar-refractivity contribution in [1.29, 1.82) is 0 Å². The van der Waals surface area contributed by atoms with Crippen LogP contribution >= 0.6 is 0 Å². The van der Waals surface area contributed by atoms with Crippen molar-refractivity contribution < 1.29 is 14.3 Å². The van der Waals surface area contributed by atoms with Crippen molar-refractivity contribution in [2.45, 2.75) is 13.8 Å². The van der Waals surface area contributed by atoms with Crippen molar-refractivity contribution in [1.82, 2.24) is 20.0 Å². The van der Waals surface area contributed by atoms with Gasteiger partial charge < -0.3 is 14.8 Å². The molecule has 5 aromatic rings. The Kier molecular flexibility index (Phi) is 6.09. The molecular formula is C27H23N5O3. The molecule has 174 valence electrons. The predicted octanol–water partition coefficient (Wildman–Crippen LogP) is 5.57.